The van der Waals surface area contributed by atoms with Crippen LogP contribution in [0.15, 0.2) is 78.0 Å². The molecule has 0 bridgehead atoms. The van der Waals surface area contributed by atoms with Gasteiger partial charge >= 0.3 is 0 Å². The molecular formula is C24H22N4O4. The summed E-state index contributed by atoms with van der Waals surface area (Å²) in [5.74, 6) is 0.0328. The number of rotatable bonds is 8. The lowest BCUT2D eigenvalue weighted by Gasteiger charge is -2.13. The van der Waals surface area contributed by atoms with E-state index in [4.69, 9.17) is 9.47 Å². The van der Waals surface area contributed by atoms with Crippen molar-refractivity contribution in [2.24, 2.45) is 0 Å². The third kappa shape index (κ3) is 4.98. The van der Waals surface area contributed by atoms with Crippen molar-refractivity contribution in [3.05, 3.63) is 94.8 Å². The van der Waals surface area contributed by atoms with Crippen molar-refractivity contribution in [3.63, 3.8) is 0 Å². The van der Waals surface area contributed by atoms with Crippen molar-refractivity contribution in [3.8, 4) is 5.75 Å². The van der Waals surface area contributed by atoms with E-state index >= 15 is 0 Å². The van der Waals surface area contributed by atoms with Gasteiger partial charge < -0.3 is 14.8 Å². The lowest BCUT2D eigenvalue weighted by molar-refractivity contribution is -0.121. The Kier molecular flexibility index (Phi) is 6.52. The average molecular weight is 430 g/mol. The molecule has 8 heteroatoms. The van der Waals surface area contributed by atoms with Gasteiger partial charge in [0.05, 0.1) is 48.9 Å². The molecule has 1 amide bonds. The molecule has 0 aliphatic carbocycles. The number of carbonyl (C=O) groups excluding carboxylic acids is 1. The van der Waals surface area contributed by atoms with Gasteiger partial charge in [-0.05, 0) is 29.8 Å². The van der Waals surface area contributed by atoms with Crippen LogP contribution >= 0.6 is 0 Å². The number of carbonyl (C=O) groups is 1. The third-order valence-electron chi connectivity index (χ3n) is 4.82. The molecule has 0 unspecified atom stereocenters. The summed E-state index contributed by atoms with van der Waals surface area (Å²) in [5, 5.41) is 3.15. The van der Waals surface area contributed by atoms with Gasteiger partial charge in [0.15, 0.2) is 0 Å². The van der Waals surface area contributed by atoms with Crippen molar-refractivity contribution < 1.29 is 14.3 Å². The Balaban J connectivity index is 1.50. The highest BCUT2D eigenvalue weighted by atomic mass is 16.5. The van der Waals surface area contributed by atoms with Crippen LogP contribution in [0.2, 0.25) is 0 Å². The normalized spacial score (nSPS) is 10.8. The molecule has 0 saturated carbocycles. The predicted octanol–water partition coefficient (Wildman–Crippen LogP) is 3.00. The van der Waals surface area contributed by atoms with Gasteiger partial charge in [-0.3, -0.25) is 19.1 Å². The number of nitrogens with zero attached hydrogens (tertiary/aromatic N) is 3. The summed E-state index contributed by atoms with van der Waals surface area (Å²) in [6.45, 7) is 0.526. The van der Waals surface area contributed by atoms with E-state index in [2.05, 4.69) is 15.3 Å². The molecule has 1 N–H and O–H groups in total. The standard InChI is InChI=1S/C24H22N4O4/c1-31-22-11-19-20(26-16-28(24(19)30)13-18-9-5-6-10-25-18)12-21(22)27-23(29)15-32-14-17-7-3-2-4-8-17/h2-12,16H,13-15H2,1H3,(H,27,29). The monoisotopic (exact) mass is 430 g/mol. The van der Waals surface area contributed by atoms with Gasteiger partial charge in [-0.1, -0.05) is 36.4 Å². The van der Waals surface area contributed by atoms with Gasteiger partial charge in [-0.25, -0.2) is 4.98 Å². The van der Waals surface area contributed by atoms with E-state index < -0.39 is 0 Å². The Morgan fingerprint density at radius 1 is 1.06 bits per heavy atom. The molecule has 0 spiro atoms. The van der Waals surface area contributed by atoms with Gasteiger partial charge in [-0.15, -0.1) is 0 Å². The maximum absolute atomic E-state index is 12.9. The number of methoxy groups -OCH3 is 1. The molecule has 4 rings (SSSR count). The van der Waals surface area contributed by atoms with Crippen molar-refractivity contribution in [1.82, 2.24) is 14.5 Å². The zero-order valence-corrected chi connectivity index (χ0v) is 17.5. The first kappa shape index (κ1) is 21.2. The number of pyridine rings is 1. The van der Waals surface area contributed by atoms with Gasteiger partial charge in [0, 0.05) is 6.20 Å². The Labute approximate surface area is 184 Å². The summed E-state index contributed by atoms with van der Waals surface area (Å²) in [6.07, 6.45) is 3.15. The number of fused-ring (bicyclic) bond motifs is 1. The number of ether oxygens (including phenoxy) is 2. The summed E-state index contributed by atoms with van der Waals surface area (Å²) < 4.78 is 12.4. The van der Waals surface area contributed by atoms with Crippen LogP contribution in [-0.2, 0) is 22.7 Å². The van der Waals surface area contributed by atoms with Crippen LogP contribution < -0.4 is 15.6 Å². The summed E-state index contributed by atoms with van der Waals surface area (Å²) in [6, 6.07) is 18.3. The molecule has 2 heterocycles. The Morgan fingerprint density at radius 2 is 1.88 bits per heavy atom. The van der Waals surface area contributed by atoms with E-state index in [0.29, 0.717) is 35.5 Å². The topological polar surface area (TPSA) is 95.3 Å². The maximum Gasteiger partial charge on any atom is 0.261 e. The van der Waals surface area contributed by atoms with E-state index in [0.717, 1.165) is 11.3 Å². The molecule has 162 valence electrons. The summed E-state index contributed by atoms with van der Waals surface area (Å²) >= 11 is 0. The second-order valence-electron chi connectivity index (χ2n) is 7.09. The molecule has 8 nitrogen and oxygen atoms in total. The summed E-state index contributed by atoms with van der Waals surface area (Å²) in [7, 11) is 1.48. The number of aromatic nitrogens is 3. The van der Waals surface area contributed by atoms with Crippen molar-refractivity contribution in [1.29, 1.82) is 0 Å². The van der Waals surface area contributed by atoms with E-state index in [9.17, 15) is 9.59 Å². The quantitative estimate of drug-likeness (QED) is 0.462. The van der Waals surface area contributed by atoms with Crippen LogP contribution in [0.3, 0.4) is 0 Å². The highest BCUT2D eigenvalue weighted by Gasteiger charge is 2.13. The van der Waals surface area contributed by atoms with E-state index in [-0.39, 0.29) is 18.1 Å². The minimum Gasteiger partial charge on any atom is -0.495 e. The fourth-order valence-electron chi connectivity index (χ4n) is 3.25. The van der Waals surface area contributed by atoms with Crippen LogP contribution in [0.1, 0.15) is 11.3 Å². The Bertz CT molecular complexity index is 1270. The largest absolute Gasteiger partial charge is 0.495 e. The van der Waals surface area contributed by atoms with Crippen LogP contribution in [0.25, 0.3) is 10.9 Å². The average Bonchev–Trinajstić information content (AvgIpc) is 2.82. The minimum absolute atomic E-state index is 0.116. The van der Waals surface area contributed by atoms with Crippen LogP contribution in [0, 0.1) is 0 Å². The van der Waals surface area contributed by atoms with E-state index in [1.54, 1.807) is 18.3 Å². The van der Waals surface area contributed by atoms with Gasteiger partial charge in [0.2, 0.25) is 5.91 Å². The smallest absolute Gasteiger partial charge is 0.261 e. The molecule has 0 aliphatic heterocycles. The number of anilines is 1. The lowest BCUT2D eigenvalue weighted by atomic mass is 10.2. The van der Waals surface area contributed by atoms with Crippen molar-refractivity contribution in [2.45, 2.75) is 13.2 Å². The highest BCUT2D eigenvalue weighted by molar-refractivity contribution is 5.96. The summed E-state index contributed by atoms with van der Waals surface area (Å²) in [5.41, 5.74) is 2.39. The van der Waals surface area contributed by atoms with Gasteiger partial charge in [0.25, 0.3) is 5.56 Å². The van der Waals surface area contributed by atoms with Gasteiger partial charge in [-0.2, -0.15) is 0 Å². The zero-order valence-electron chi connectivity index (χ0n) is 17.5. The molecule has 32 heavy (non-hydrogen) atoms. The number of benzene rings is 2. The molecule has 0 fully saturated rings. The van der Waals surface area contributed by atoms with Crippen molar-refractivity contribution in [2.75, 3.05) is 19.0 Å². The fourth-order valence-corrected chi connectivity index (χ4v) is 3.25. The predicted molar refractivity (Wildman–Crippen MR) is 121 cm³/mol. The number of hydrogen-bond acceptors (Lipinski definition) is 6. The SMILES string of the molecule is COc1cc2c(=O)n(Cc3ccccn3)cnc2cc1NC(=O)COCc1ccccc1. The third-order valence-corrected chi connectivity index (χ3v) is 4.82. The number of amides is 1. The molecule has 0 atom stereocenters. The summed E-state index contributed by atoms with van der Waals surface area (Å²) in [4.78, 5) is 33.9. The molecule has 4 aromatic rings. The fraction of sp³-hybridized carbons (Fsp3) is 0.167. The lowest BCUT2D eigenvalue weighted by Crippen LogP contribution is -2.22. The molecule has 0 aliphatic rings. The highest BCUT2D eigenvalue weighted by Crippen LogP contribution is 2.28. The second kappa shape index (κ2) is 9.84. The van der Waals surface area contributed by atoms with Crippen LogP contribution in [0.5, 0.6) is 5.75 Å². The van der Waals surface area contributed by atoms with Crippen LogP contribution in [0.4, 0.5) is 5.69 Å². The van der Waals surface area contributed by atoms with E-state index in [1.807, 2.05) is 48.5 Å². The number of nitrogens with one attached hydrogen (secondary N) is 1. The first-order valence-corrected chi connectivity index (χ1v) is 10.0. The molecule has 2 aromatic heterocycles. The van der Waals surface area contributed by atoms with Gasteiger partial charge in [0.1, 0.15) is 12.4 Å². The second-order valence-corrected chi connectivity index (χ2v) is 7.09. The first-order valence-electron chi connectivity index (χ1n) is 10.0. The molecule has 0 radical (unpaired) electrons. The molecular weight excluding hydrogens is 408 g/mol. The molecule has 0 saturated heterocycles. The Morgan fingerprint density at radius 3 is 2.62 bits per heavy atom. The Hall–Kier alpha value is -4.04. The molecule has 2 aromatic carbocycles. The maximum atomic E-state index is 12.9. The van der Waals surface area contributed by atoms with Crippen LogP contribution in [-0.4, -0.2) is 34.2 Å². The van der Waals surface area contributed by atoms with Crippen molar-refractivity contribution >= 4 is 22.5 Å². The minimum atomic E-state index is -0.331. The first-order chi connectivity index (χ1) is 15.6. The number of hydrogen-bond donors (Lipinski definition) is 1. The zero-order chi connectivity index (χ0) is 22.3. The van der Waals surface area contributed by atoms with E-state index in [1.165, 1.54) is 18.0 Å².